The summed E-state index contributed by atoms with van der Waals surface area (Å²) in [6.45, 7) is 5.32. The number of halogens is 1. The average molecular weight is 341 g/mol. The van der Waals surface area contributed by atoms with E-state index in [0.29, 0.717) is 6.61 Å². The third kappa shape index (κ3) is 3.96. The number of carbonyl (C=O) groups is 1. The van der Waals surface area contributed by atoms with E-state index in [1.54, 1.807) is 4.90 Å². The Morgan fingerprint density at radius 2 is 2.00 bits per heavy atom. The molecule has 1 atom stereocenters. The molecule has 1 aromatic carbocycles. The SMILES string of the molecule is C[C@@H]1C(=O)N(C)CCN1CCCOc1ccc(Br)cc1. The van der Waals surface area contributed by atoms with Crippen molar-refractivity contribution in [1.82, 2.24) is 9.80 Å². The summed E-state index contributed by atoms with van der Waals surface area (Å²) < 4.78 is 6.74. The summed E-state index contributed by atoms with van der Waals surface area (Å²) in [5.74, 6) is 1.10. The molecule has 1 aromatic rings. The molecule has 1 fully saturated rings. The van der Waals surface area contributed by atoms with Crippen molar-refractivity contribution in [2.45, 2.75) is 19.4 Å². The highest BCUT2D eigenvalue weighted by Crippen LogP contribution is 2.16. The second-order valence-electron chi connectivity index (χ2n) is 5.13. The molecule has 0 saturated carbocycles. The van der Waals surface area contributed by atoms with Crippen molar-refractivity contribution in [3.05, 3.63) is 28.7 Å². The van der Waals surface area contributed by atoms with E-state index in [4.69, 9.17) is 4.74 Å². The Kier molecular flexibility index (Phi) is 5.43. The van der Waals surface area contributed by atoms with E-state index < -0.39 is 0 Å². The first kappa shape index (κ1) is 15.3. The van der Waals surface area contributed by atoms with E-state index in [-0.39, 0.29) is 11.9 Å². The summed E-state index contributed by atoms with van der Waals surface area (Å²) in [6.07, 6.45) is 0.928. The minimum Gasteiger partial charge on any atom is -0.494 e. The van der Waals surface area contributed by atoms with Crippen LogP contribution in [0.25, 0.3) is 0 Å². The normalized spacial score (nSPS) is 20.2. The van der Waals surface area contributed by atoms with Crippen molar-refractivity contribution >= 4 is 21.8 Å². The maximum atomic E-state index is 11.9. The van der Waals surface area contributed by atoms with Crippen LogP contribution >= 0.6 is 15.9 Å². The minimum absolute atomic E-state index is 0.0126. The van der Waals surface area contributed by atoms with Crippen molar-refractivity contribution in [3.63, 3.8) is 0 Å². The first-order valence-corrected chi connectivity index (χ1v) is 7.74. The topological polar surface area (TPSA) is 32.8 Å². The Balaban J connectivity index is 1.71. The molecule has 0 spiro atoms. The highest BCUT2D eigenvalue weighted by molar-refractivity contribution is 9.10. The Bertz CT molecular complexity index is 450. The van der Waals surface area contributed by atoms with Crippen molar-refractivity contribution in [2.75, 3.05) is 33.3 Å². The smallest absolute Gasteiger partial charge is 0.239 e. The van der Waals surface area contributed by atoms with Gasteiger partial charge in [-0.3, -0.25) is 9.69 Å². The summed E-state index contributed by atoms with van der Waals surface area (Å²) >= 11 is 3.40. The van der Waals surface area contributed by atoms with Gasteiger partial charge in [0.05, 0.1) is 12.6 Å². The summed E-state index contributed by atoms with van der Waals surface area (Å²) in [5.41, 5.74) is 0. The van der Waals surface area contributed by atoms with Gasteiger partial charge in [0.25, 0.3) is 0 Å². The standard InChI is InChI=1S/C15H21BrN2O2/c1-12-15(19)17(2)9-10-18(12)8-3-11-20-14-6-4-13(16)5-7-14/h4-7,12H,3,8-11H2,1-2H3/t12-/m1/s1. The maximum absolute atomic E-state index is 11.9. The molecule has 2 rings (SSSR count). The van der Waals surface area contributed by atoms with Crippen LogP contribution < -0.4 is 4.74 Å². The third-order valence-electron chi connectivity index (χ3n) is 3.68. The lowest BCUT2D eigenvalue weighted by molar-refractivity contribution is -0.139. The van der Waals surface area contributed by atoms with E-state index >= 15 is 0 Å². The quantitative estimate of drug-likeness (QED) is 0.771. The molecule has 0 radical (unpaired) electrons. The number of hydrogen-bond donors (Lipinski definition) is 0. The fraction of sp³-hybridized carbons (Fsp3) is 0.533. The van der Waals surface area contributed by atoms with E-state index in [2.05, 4.69) is 20.8 Å². The van der Waals surface area contributed by atoms with Gasteiger partial charge in [0.2, 0.25) is 5.91 Å². The first-order chi connectivity index (χ1) is 9.58. The molecule has 0 bridgehead atoms. The number of hydrogen-bond acceptors (Lipinski definition) is 3. The molecular formula is C15H21BrN2O2. The number of likely N-dealkylation sites (N-methyl/N-ethyl adjacent to an activating group) is 1. The zero-order valence-electron chi connectivity index (χ0n) is 12.0. The highest BCUT2D eigenvalue weighted by Gasteiger charge is 2.28. The zero-order valence-corrected chi connectivity index (χ0v) is 13.6. The van der Waals surface area contributed by atoms with Gasteiger partial charge in [0, 0.05) is 31.2 Å². The number of benzene rings is 1. The number of nitrogens with zero attached hydrogens (tertiary/aromatic N) is 2. The van der Waals surface area contributed by atoms with Gasteiger partial charge in [0.15, 0.2) is 0 Å². The van der Waals surface area contributed by atoms with Gasteiger partial charge in [-0.15, -0.1) is 0 Å². The Hall–Kier alpha value is -1.07. The molecule has 20 heavy (non-hydrogen) atoms. The van der Waals surface area contributed by atoms with Crippen LogP contribution in [-0.4, -0.2) is 55.0 Å². The molecule has 0 unspecified atom stereocenters. The Morgan fingerprint density at radius 1 is 1.30 bits per heavy atom. The van der Waals surface area contributed by atoms with Crippen molar-refractivity contribution < 1.29 is 9.53 Å². The van der Waals surface area contributed by atoms with Gasteiger partial charge in [-0.05, 0) is 37.6 Å². The third-order valence-corrected chi connectivity index (χ3v) is 4.20. The zero-order chi connectivity index (χ0) is 14.5. The van der Waals surface area contributed by atoms with Gasteiger partial charge >= 0.3 is 0 Å². The van der Waals surface area contributed by atoms with Crippen LogP contribution in [0.1, 0.15) is 13.3 Å². The van der Waals surface area contributed by atoms with Crippen LogP contribution in [0.3, 0.4) is 0 Å². The number of piperazine rings is 1. The Morgan fingerprint density at radius 3 is 2.70 bits per heavy atom. The lowest BCUT2D eigenvalue weighted by Gasteiger charge is -2.37. The van der Waals surface area contributed by atoms with Gasteiger partial charge in [-0.25, -0.2) is 0 Å². The summed E-state index contributed by atoms with van der Waals surface area (Å²) in [7, 11) is 1.87. The fourth-order valence-electron chi connectivity index (χ4n) is 2.35. The van der Waals surface area contributed by atoms with Gasteiger partial charge in [-0.1, -0.05) is 15.9 Å². The summed E-state index contributed by atoms with van der Waals surface area (Å²) in [6, 6.07) is 7.83. The molecule has 0 aliphatic carbocycles. The monoisotopic (exact) mass is 340 g/mol. The van der Waals surface area contributed by atoms with Crippen LogP contribution in [-0.2, 0) is 4.79 Å². The van der Waals surface area contributed by atoms with Crippen LogP contribution in [0.15, 0.2) is 28.7 Å². The van der Waals surface area contributed by atoms with Crippen LogP contribution in [0.2, 0.25) is 0 Å². The summed E-state index contributed by atoms with van der Waals surface area (Å²) in [4.78, 5) is 15.9. The molecule has 1 amide bonds. The number of amides is 1. The number of carbonyl (C=O) groups excluding carboxylic acids is 1. The highest BCUT2D eigenvalue weighted by atomic mass is 79.9. The van der Waals surface area contributed by atoms with Crippen molar-refractivity contribution in [2.24, 2.45) is 0 Å². The number of ether oxygens (including phenoxy) is 1. The molecular weight excluding hydrogens is 320 g/mol. The molecule has 1 saturated heterocycles. The predicted molar refractivity (Wildman–Crippen MR) is 82.9 cm³/mol. The van der Waals surface area contributed by atoms with Crippen molar-refractivity contribution in [1.29, 1.82) is 0 Å². The Labute approximate surface area is 128 Å². The lowest BCUT2D eigenvalue weighted by atomic mass is 10.2. The van der Waals surface area contributed by atoms with Crippen molar-refractivity contribution in [3.8, 4) is 5.75 Å². The van der Waals surface area contributed by atoms with E-state index in [9.17, 15) is 4.79 Å². The molecule has 0 N–H and O–H groups in total. The fourth-order valence-corrected chi connectivity index (χ4v) is 2.62. The second-order valence-corrected chi connectivity index (χ2v) is 6.04. The van der Waals surface area contributed by atoms with Gasteiger partial charge in [0.1, 0.15) is 5.75 Å². The maximum Gasteiger partial charge on any atom is 0.239 e. The molecule has 0 aromatic heterocycles. The van der Waals surface area contributed by atoms with E-state index in [0.717, 1.165) is 36.3 Å². The molecule has 110 valence electrons. The number of rotatable bonds is 5. The van der Waals surface area contributed by atoms with Gasteiger partial charge in [-0.2, -0.15) is 0 Å². The first-order valence-electron chi connectivity index (χ1n) is 6.95. The lowest BCUT2D eigenvalue weighted by Crippen LogP contribution is -2.54. The van der Waals surface area contributed by atoms with Crippen LogP contribution in [0.5, 0.6) is 5.75 Å². The predicted octanol–water partition coefficient (Wildman–Crippen LogP) is 2.38. The molecule has 1 heterocycles. The average Bonchev–Trinajstić information content (AvgIpc) is 2.45. The molecule has 4 nitrogen and oxygen atoms in total. The second kappa shape index (κ2) is 7.09. The summed E-state index contributed by atoms with van der Waals surface area (Å²) in [5, 5.41) is 0. The van der Waals surface area contributed by atoms with E-state index in [1.807, 2.05) is 38.2 Å². The van der Waals surface area contributed by atoms with Gasteiger partial charge < -0.3 is 9.64 Å². The molecule has 5 heteroatoms. The van der Waals surface area contributed by atoms with Crippen LogP contribution in [0.4, 0.5) is 0 Å². The molecule has 1 aliphatic rings. The molecule has 1 aliphatic heterocycles. The minimum atomic E-state index is -0.0126. The van der Waals surface area contributed by atoms with Crippen LogP contribution in [0, 0.1) is 0 Å². The van der Waals surface area contributed by atoms with E-state index in [1.165, 1.54) is 0 Å². The largest absolute Gasteiger partial charge is 0.494 e.